The summed E-state index contributed by atoms with van der Waals surface area (Å²) in [6.45, 7) is 1.71. The average Bonchev–Trinajstić information content (AvgIpc) is 2.67. The predicted molar refractivity (Wildman–Crippen MR) is 104 cm³/mol. The van der Waals surface area contributed by atoms with Gasteiger partial charge in [-0.3, -0.25) is 0 Å². The maximum absolute atomic E-state index is 6.74. The summed E-state index contributed by atoms with van der Waals surface area (Å²) in [7, 11) is 4.32. The van der Waals surface area contributed by atoms with Crippen LogP contribution in [0.2, 0.25) is 0 Å². The maximum atomic E-state index is 6.74. The zero-order chi connectivity index (χ0) is 17.5. The smallest absolute Gasteiger partial charge is 0.0767 e. The number of hydrogen-bond donors (Lipinski definition) is 0. The number of hydrogen-bond acceptors (Lipinski definition) is 2. The normalized spacial score (nSPS) is 18.2. The van der Waals surface area contributed by atoms with Crippen LogP contribution >= 0.6 is 0 Å². The van der Waals surface area contributed by atoms with Crippen LogP contribution in [0.25, 0.3) is 0 Å². The van der Waals surface area contributed by atoms with Crippen LogP contribution in [0.5, 0.6) is 0 Å². The van der Waals surface area contributed by atoms with E-state index in [9.17, 15) is 0 Å². The second-order valence-electron chi connectivity index (χ2n) is 7.55. The molecule has 0 N–H and O–H groups in total. The monoisotopic (exact) mass is 336 g/mol. The van der Waals surface area contributed by atoms with Crippen LogP contribution in [0, 0.1) is 6.07 Å². The van der Waals surface area contributed by atoms with E-state index in [4.69, 9.17) is 4.74 Å². The summed E-state index contributed by atoms with van der Waals surface area (Å²) < 4.78 is 6.74. The third-order valence-corrected chi connectivity index (χ3v) is 5.40. The van der Waals surface area contributed by atoms with Crippen LogP contribution in [0.3, 0.4) is 0 Å². The van der Waals surface area contributed by atoms with Gasteiger partial charge in [-0.1, -0.05) is 73.9 Å². The van der Waals surface area contributed by atoms with Crippen LogP contribution in [0.1, 0.15) is 49.1 Å². The number of likely N-dealkylation sites (N-methyl/N-ethyl adjacent to an activating group) is 1. The van der Waals surface area contributed by atoms with Gasteiger partial charge in [0.25, 0.3) is 0 Å². The van der Waals surface area contributed by atoms with Gasteiger partial charge in [-0.2, -0.15) is 0 Å². The Morgan fingerprint density at radius 1 is 1.00 bits per heavy atom. The zero-order valence-electron chi connectivity index (χ0n) is 15.6. The lowest BCUT2D eigenvalue weighted by Crippen LogP contribution is -2.45. The number of nitrogens with zero attached hydrogens (tertiary/aromatic N) is 1. The lowest BCUT2D eigenvalue weighted by atomic mass is 9.72. The highest BCUT2D eigenvalue weighted by atomic mass is 16.5. The van der Waals surface area contributed by atoms with Gasteiger partial charge < -0.3 is 9.64 Å². The van der Waals surface area contributed by atoms with E-state index in [1.165, 1.54) is 30.4 Å². The molecule has 0 bridgehead atoms. The van der Waals surface area contributed by atoms with Crippen molar-refractivity contribution in [1.29, 1.82) is 0 Å². The first-order valence-electron chi connectivity index (χ1n) is 9.48. The quantitative estimate of drug-likeness (QED) is 0.701. The summed E-state index contributed by atoms with van der Waals surface area (Å²) in [6, 6.07) is 22.2. The van der Waals surface area contributed by atoms with Crippen molar-refractivity contribution in [3.05, 3.63) is 71.8 Å². The van der Waals surface area contributed by atoms with Crippen LogP contribution < -0.4 is 0 Å². The topological polar surface area (TPSA) is 12.5 Å². The summed E-state index contributed by atoms with van der Waals surface area (Å²) in [5.41, 5.74) is 2.57. The highest BCUT2D eigenvalue weighted by molar-refractivity contribution is 5.24. The molecule has 0 heterocycles. The minimum atomic E-state index is -0.0697. The predicted octanol–water partition coefficient (Wildman–Crippen LogP) is 5.05. The lowest BCUT2D eigenvalue weighted by molar-refractivity contribution is -0.102. The van der Waals surface area contributed by atoms with Crippen molar-refractivity contribution in [3.63, 3.8) is 0 Å². The van der Waals surface area contributed by atoms with Crippen LogP contribution in [-0.2, 0) is 11.3 Å². The average molecular weight is 336 g/mol. The molecule has 0 saturated heterocycles. The fourth-order valence-electron chi connectivity index (χ4n) is 4.12. The fourth-order valence-corrected chi connectivity index (χ4v) is 4.12. The Hall–Kier alpha value is -1.64. The van der Waals surface area contributed by atoms with Gasteiger partial charge in [-0.05, 0) is 44.1 Å². The Labute approximate surface area is 152 Å². The molecule has 25 heavy (non-hydrogen) atoms. The van der Waals surface area contributed by atoms with Gasteiger partial charge in [0.2, 0.25) is 0 Å². The fraction of sp³-hybridized carbons (Fsp3) is 0.478. The maximum Gasteiger partial charge on any atom is 0.0767 e. The molecule has 1 atom stereocenters. The molecule has 0 spiro atoms. The standard InChI is InChI=1S/C23H30NO/c1-24(2)18-22(21-14-8-4-9-15-21)23(16-10-5-11-17-23)25-19-20-12-6-3-7-13-20/h3,6-9,12-15,22H,5,10-11,16-19H2,1-2H3. The molecule has 2 aromatic rings. The molecule has 0 amide bonds. The molecule has 1 fully saturated rings. The van der Waals surface area contributed by atoms with Gasteiger partial charge in [0.15, 0.2) is 0 Å². The summed E-state index contributed by atoms with van der Waals surface area (Å²) in [5.74, 6) is 0.390. The van der Waals surface area contributed by atoms with E-state index in [2.05, 4.69) is 67.5 Å². The van der Waals surface area contributed by atoms with Gasteiger partial charge in [-0.15, -0.1) is 0 Å². The third kappa shape index (κ3) is 4.71. The molecular weight excluding hydrogens is 306 g/mol. The Bertz CT molecular complexity index is 617. The van der Waals surface area contributed by atoms with E-state index >= 15 is 0 Å². The van der Waals surface area contributed by atoms with E-state index in [1.807, 2.05) is 12.1 Å². The molecule has 1 aliphatic rings. The molecule has 2 nitrogen and oxygen atoms in total. The highest BCUT2D eigenvalue weighted by Crippen LogP contribution is 2.43. The first-order valence-corrected chi connectivity index (χ1v) is 9.48. The molecule has 2 heteroatoms. The Morgan fingerprint density at radius 3 is 2.32 bits per heavy atom. The Morgan fingerprint density at radius 2 is 1.68 bits per heavy atom. The van der Waals surface area contributed by atoms with E-state index < -0.39 is 0 Å². The van der Waals surface area contributed by atoms with Crippen molar-refractivity contribution in [1.82, 2.24) is 4.90 Å². The van der Waals surface area contributed by atoms with E-state index in [0.717, 1.165) is 19.4 Å². The Balaban J connectivity index is 1.87. The van der Waals surface area contributed by atoms with E-state index in [-0.39, 0.29) is 5.60 Å². The number of ether oxygens (including phenoxy) is 1. The summed E-state index contributed by atoms with van der Waals surface area (Å²) in [6.07, 6.45) is 6.15. The summed E-state index contributed by atoms with van der Waals surface area (Å²) in [4.78, 5) is 2.30. The zero-order valence-corrected chi connectivity index (χ0v) is 15.6. The molecule has 1 radical (unpaired) electrons. The van der Waals surface area contributed by atoms with Crippen molar-refractivity contribution in [2.45, 2.75) is 50.2 Å². The first-order chi connectivity index (χ1) is 12.2. The highest BCUT2D eigenvalue weighted by Gasteiger charge is 2.41. The molecule has 0 aromatic heterocycles. The second kappa shape index (κ2) is 8.64. The summed E-state index contributed by atoms with van der Waals surface area (Å²) >= 11 is 0. The van der Waals surface area contributed by atoms with Crippen molar-refractivity contribution in [3.8, 4) is 0 Å². The number of rotatable bonds is 7. The van der Waals surface area contributed by atoms with Gasteiger partial charge in [-0.25, -0.2) is 0 Å². The molecular formula is C23H30NO. The molecule has 1 saturated carbocycles. The van der Waals surface area contributed by atoms with Crippen molar-refractivity contribution >= 4 is 0 Å². The second-order valence-corrected chi connectivity index (χ2v) is 7.55. The van der Waals surface area contributed by atoms with Crippen molar-refractivity contribution in [2.75, 3.05) is 20.6 Å². The lowest BCUT2D eigenvalue weighted by Gasteiger charge is -2.45. The molecule has 1 aliphatic carbocycles. The largest absolute Gasteiger partial charge is 0.370 e. The van der Waals surface area contributed by atoms with Crippen molar-refractivity contribution in [2.24, 2.45) is 0 Å². The molecule has 133 valence electrons. The van der Waals surface area contributed by atoms with Gasteiger partial charge in [0, 0.05) is 12.5 Å². The minimum absolute atomic E-state index is 0.0697. The van der Waals surface area contributed by atoms with Crippen LogP contribution in [0.15, 0.2) is 54.6 Å². The van der Waals surface area contributed by atoms with Gasteiger partial charge in [0.05, 0.1) is 12.2 Å². The van der Waals surface area contributed by atoms with Crippen LogP contribution in [0.4, 0.5) is 0 Å². The van der Waals surface area contributed by atoms with Gasteiger partial charge >= 0.3 is 0 Å². The third-order valence-electron chi connectivity index (χ3n) is 5.40. The summed E-state index contributed by atoms with van der Waals surface area (Å²) in [5, 5.41) is 0. The minimum Gasteiger partial charge on any atom is -0.370 e. The molecule has 0 aliphatic heterocycles. The molecule has 3 rings (SSSR count). The number of benzene rings is 2. The van der Waals surface area contributed by atoms with E-state index in [0.29, 0.717) is 12.5 Å². The molecule has 2 aromatic carbocycles. The first kappa shape index (κ1) is 18.2. The van der Waals surface area contributed by atoms with Crippen molar-refractivity contribution < 1.29 is 4.74 Å². The SMILES string of the molecule is CN(C)CC(c1cc[c]cc1)C1(OCc2ccccc2)CCCCC1. The molecule has 1 unspecified atom stereocenters. The van der Waals surface area contributed by atoms with Gasteiger partial charge in [0.1, 0.15) is 0 Å². The van der Waals surface area contributed by atoms with Crippen LogP contribution in [-0.4, -0.2) is 31.1 Å². The van der Waals surface area contributed by atoms with E-state index in [1.54, 1.807) is 0 Å². The Kier molecular flexibility index (Phi) is 6.28.